The molecule has 158 valence electrons. The van der Waals surface area contributed by atoms with Crippen molar-refractivity contribution in [2.45, 2.75) is 57.2 Å². The topological polar surface area (TPSA) is 102 Å². The molecule has 1 saturated carbocycles. The number of aryl methyl sites for hydroxylation is 1. The summed E-state index contributed by atoms with van der Waals surface area (Å²) in [5.74, 6) is 1.31. The number of ether oxygens (including phenoxy) is 1. The molecule has 1 aliphatic heterocycles. The van der Waals surface area contributed by atoms with Gasteiger partial charge in [0.25, 0.3) is 5.91 Å². The highest BCUT2D eigenvalue weighted by Crippen LogP contribution is 2.39. The van der Waals surface area contributed by atoms with Crippen molar-refractivity contribution in [3.8, 4) is 0 Å². The highest BCUT2D eigenvalue weighted by atomic mass is 16.5. The lowest BCUT2D eigenvalue weighted by atomic mass is 9.95. The summed E-state index contributed by atoms with van der Waals surface area (Å²) in [4.78, 5) is 17.2. The fourth-order valence-electron chi connectivity index (χ4n) is 4.63. The van der Waals surface area contributed by atoms with Crippen molar-refractivity contribution in [2.75, 3.05) is 34.3 Å². The van der Waals surface area contributed by atoms with Gasteiger partial charge in [-0.15, -0.1) is 5.10 Å². The molecule has 0 bridgehead atoms. The van der Waals surface area contributed by atoms with E-state index in [1.807, 2.05) is 23.7 Å². The molecule has 2 aromatic heterocycles. The van der Waals surface area contributed by atoms with Gasteiger partial charge in [-0.05, 0) is 50.7 Å². The van der Waals surface area contributed by atoms with Crippen molar-refractivity contribution < 1.29 is 14.1 Å². The van der Waals surface area contributed by atoms with E-state index in [4.69, 9.17) is 9.26 Å². The van der Waals surface area contributed by atoms with Gasteiger partial charge in [0, 0.05) is 20.2 Å². The van der Waals surface area contributed by atoms with Crippen LogP contribution >= 0.6 is 0 Å². The first-order chi connectivity index (χ1) is 14.0. The lowest BCUT2D eigenvalue weighted by Gasteiger charge is -2.35. The Labute approximate surface area is 170 Å². The normalized spacial score (nSPS) is 22.9. The first-order valence-corrected chi connectivity index (χ1v) is 10.2. The second-order valence-electron chi connectivity index (χ2n) is 8.29. The van der Waals surface area contributed by atoms with Crippen molar-refractivity contribution in [1.29, 1.82) is 0 Å². The summed E-state index contributed by atoms with van der Waals surface area (Å²) in [5, 5.41) is 16.8. The zero-order chi connectivity index (χ0) is 20.6. The molecule has 0 radical (unpaired) electrons. The molecular weight excluding hydrogens is 374 g/mol. The third-order valence-corrected chi connectivity index (χ3v) is 6.45. The summed E-state index contributed by atoms with van der Waals surface area (Å²) >= 11 is 0. The van der Waals surface area contributed by atoms with E-state index < -0.39 is 5.54 Å². The van der Waals surface area contributed by atoms with E-state index in [1.54, 1.807) is 14.0 Å². The monoisotopic (exact) mass is 403 g/mol. The second kappa shape index (κ2) is 7.83. The number of carbonyl (C=O) groups excluding carboxylic acids is 1. The van der Waals surface area contributed by atoms with E-state index in [-0.39, 0.29) is 5.91 Å². The number of nitrogens with zero attached hydrogens (tertiary/aromatic N) is 7. The Balaban J connectivity index is 1.62. The fraction of sp³-hybridized carbons (Fsp3) is 0.737. The predicted molar refractivity (Wildman–Crippen MR) is 103 cm³/mol. The van der Waals surface area contributed by atoms with Gasteiger partial charge in [-0.25, -0.2) is 4.68 Å². The highest BCUT2D eigenvalue weighted by molar-refractivity contribution is 5.94. The molecule has 1 atom stereocenters. The first kappa shape index (κ1) is 20.0. The predicted octanol–water partition coefficient (Wildman–Crippen LogP) is 1.53. The summed E-state index contributed by atoms with van der Waals surface area (Å²) in [7, 11) is 5.65. The highest BCUT2D eigenvalue weighted by Gasteiger charge is 2.48. The molecule has 1 unspecified atom stereocenters. The Morgan fingerprint density at radius 3 is 2.79 bits per heavy atom. The molecule has 4 rings (SSSR count). The van der Waals surface area contributed by atoms with Gasteiger partial charge in [0.1, 0.15) is 11.3 Å². The molecule has 10 nitrogen and oxygen atoms in total. The number of tetrazole rings is 1. The van der Waals surface area contributed by atoms with Crippen LogP contribution in [0.15, 0.2) is 4.52 Å². The molecule has 0 spiro atoms. The molecule has 2 fully saturated rings. The van der Waals surface area contributed by atoms with Gasteiger partial charge in [-0.3, -0.25) is 9.69 Å². The summed E-state index contributed by atoms with van der Waals surface area (Å²) < 4.78 is 12.5. The number of likely N-dealkylation sites (N-methyl/N-ethyl adjacent to an activating group) is 1. The number of amides is 1. The van der Waals surface area contributed by atoms with Crippen LogP contribution < -0.4 is 0 Å². The molecule has 2 aromatic rings. The Hall–Kier alpha value is -2.33. The van der Waals surface area contributed by atoms with Gasteiger partial charge >= 0.3 is 0 Å². The minimum Gasteiger partial charge on any atom is -0.380 e. The Bertz CT molecular complexity index is 871. The lowest BCUT2D eigenvalue weighted by Crippen LogP contribution is -2.47. The third-order valence-electron chi connectivity index (χ3n) is 6.45. The van der Waals surface area contributed by atoms with Crippen molar-refractivity contribution in [3.05, 3.63) is 22.8 Å². The van der Waals surface area contributed by atoms with Gasteiger partial charge < -0.3 is 14.2 Å². The van der Waals surface area contributed by atoms with Gasteiger partial charge in [-0.2, -0.15) is 0 Å². The average molecular weight is 403 g/mol. The molecule has 0 aromatic carbocycles. The number of methoxy groups -OCH3 is 1. The maximum absolute atomic E-state index is 13.2. The fourth-order valence-corrected chi connectivity index (χ4v) is 4.63. The first-order valence-electron chi connectivity index (χ1n) is 10.2. The SMILES string of the molecule is COCc1c(C(=O)N2CCC(c3nnnn3C3CCCC3)(N(C)C)C2)noc1C. The molecule has 0 N–H and O–H groups in total. The van der Waals surface area contributed by atoms with Crippen LogP contribution in [0.1, 0.15) is 65.8 Å². The number of likely N-dealkylation sites (tertiary alicyclic amines) is 1. The van der Waals surface area contributed by atoms with Crippen LogP contribution in [0.2, 0.25) is 0 Å². The van der Waals surface area contributed by atoms with Gasteiger partial charge in [0.05, 0.1) is 18.2 Å². The largest absolute Gasteiger partial charge is 0.380 e. The minimum absolute atomic E-state index is 0.141. The molecule has 1 saturated heterocycles. The van der Waals surface area contributed by atoms with E-state index in [1.165, 1.54) is 12.8 Å². The number of aromatic nitrogens is 5. The third kappa shape index (κ3) is 3.33. The molecule has 10 heteroatoms. The molecule has 1 aliphatic carbocycles. The van der Waals surface area contributed by atoms with E-state index >= 15 is 0 Å². The van der Waals surface area contributed by atoms with Crippen molar-refractivity contribution in [1.82, 2.24) is 35.2 Å². The number of carbonyl (C=O) groups is 1. The van der Waals surface area contributed by atoms with E-state index in [0.29, 0.717) is 42.8 Å². The molecule has 29 heavy (non-hydrogen) atoms. The van der Waals surface area contributed by atoms with E-state index in [2.05, 4.69) is 25.6 Å². The lowest BCUT2D eigenvalue weighted by molar-refractivity contribution is 0.0723. The number of hydrogen-bond acceptors (Lipinski definition) is 8. The van der Waals surface area contributed by atoms with Crippen molar-refractivity contribution in [3.63, 3.8) is 0 Å². The second-order valence-corrected chi connectivity index (χ2v) is 8.29. The van der Waals surface area contributed by atoms with E-state index in [0.717, 1.165) is 25.1 Å². The summed E-state index contributed by atoms with van der Waals surface area (Å²) in [6.07, 6.45) is 5.37. The molecule has 3 heterocycles. The minimum atomic E-state index is -0.429. The zero-order valence-electron chi connectivity index (χ0n) is 17.6. The Kier molecular flexibility index (Phi) is 5.39. The van der Waals surface area contributed by atoms with Gasteiger partial charge in [0.15, 0.2) is 11.5 Å². The van der Waals surface area contributed by atoms with Gasteiger partial charge in [0.2, 0.25) is 0 Å². The van der Waals surface area contributed by atoms with Crippen LogP contribution in [-0.4, -0.2) is 75.4 Å². The van der Waals surface area contributed by atoms with Crippen LogP contribution in [0.25, 0.3) is 0 Å². The smallest absolute Gasteiger partial charge is 0.276 e. The van der Waals surface area contributed by atoms with Gasteiger partial charge in [-0.1, -0.05) is 18.0 Å². The summed E-state index contributed by atoms with van der Waals surface area (Å²) in [6.45, 7) is 3.20. The Morgan fingerprint density at radius 1 is 1.34 bits per heavy atom. The maximum atomic E-state index is 13.2. The van der Waals surface area contributed by atoms with Crippen molar-refractivity contribution >= 4 is 5.91 Å². The van der Waals surface area contributed by atoms with E-state index in [9.17, 15) is 4.79 Å². The van der Waals surface area contributed by atoms with Crippen LogP contribution in [0.4, 0.5) is 0 Å². The van der Waals surface area contributed by atoms with Crippen LogP contribution in [0.3, 0.4) is 0 Å². The van der Waals surface area contributed by atoms with Crippen LogP contribution in [-0.2, 0) is 16.9 Å². The number of hydrogen-bond donors (Lipinski definition) is 0. The maximum Gasteiger partial charge on any atom is 0.276 e. The summed E-state index contributed by atoms with van der Waals surface area (Å²) in [6, 6.07) is 0.341. The number of rotatable bonds is 6. The quantitative estimate of drug-likeness (QED) is 0.716. The van der Waals surface area contributed by atoms with Crippen molar-refractivity contribution in [2.24, 2.45) is 0 Å². The molecule has 1 amide bonds. The molecular formula is C19H29N7O3. The Morgan fingerprint density at radius 2 is 2.10 bits per heavy atom. The average Bonchev–Trinajstić information content (AvgIpc) is 3.48. The standard InChI is InChI=1S/C19H29N7O3/c1-13-15(11-28-4)16(21-29-13)17(27)25-10-9-19(12-25,24(2)3)18-20-22-23-26(18)14-7-5-6-8-14/h14H,5-12H2,1-4H3. The van der Waals surface area contributed by atoms with Crippen LogP contribution in [0, 0.1) is 6.92 Å². The zero-order valence-corrected chi connectivity index (χ0v) is 17.6. The molecule has 2 aliphatic rings. The summed E-state index contributed by atoms with van der Waals surface area (Å²) in [5.41, 5.74) is 0.604. The van der Waals surface area contributed by atoms with Crippen LogP contribution in [0.5, 0.6) is 0 Å².